The Morgan fingerprint density at radius 3 is 2.70 bits per heavy atom. The van der Waals surface area contributed by atoms with Crippen molar-refractivity contribution in [2.75, 3.05) is 5.32 Å². The van der Waals surface area contributed by atoms with Gasteiger partial charge in [0.1, 0.15) is 11.5 Å². The summed E-state index contributed by atoms with van der Waals surface area (Å²) >= 11 is 0. The van der Waals surface area contributed by atoms with Gasteiger partial charge in [-0.15, -0.1) is 0 Å². The maximum atomic E-state index is 11.8. The first kappa shape index (κ1) is 15.5. The van der Waals surface area contributed by atoms with Crippen LogP contribution in [0.4, 0.5) is 10.6 Å². The minimum Gasteiger partial charge on any atom is -0.367 e. The number of hydrogen-bond donors (Lipinski definition) is 3. The number of nitrogens with zero attached hydrogens (tertiary/aromatic N) is 4. The molecular weight excluding hydrogens is 346 g/mol. The van der Waals surface area contributed by atoms with Crippen LogP contribution in [0.5, 0.6) is 0 Å². The van der Waals surface area contributed by atoms with Crippen LogP contribution in [0, 0.1) is 0 Å². The predicted octanol–water partition coefficient (Wildman–Crippen LogP) is 1.55. The van der Waals surface area contributed by atoms with Gasteiger partial charge in [0.05, 0.1) is 11.9 Å². The van der Waals surface area contributed by atoms with E-state index in [1.807, 2.05) is 18.2 Å². The minimum absolute atomic E-state index is 0.169. The molecular formula is C18H15N7O2. The van der Waals surface area contributed by atoms with E-state index < -0.39 is 11.9 Å². The molecule has 3 N–H and O–H groups in total. The number of rotatable bonds is 4. The van der Waals surface area contributed by atoms with Gasteiger partial charge in [-0.3, -0.25) is 15.1 Å². The van der Waals surface area contributed by atoms with E-state index in [1.165, 1.54) is 0 Å². The average Bonchev–Trinajstić information content (AvgIpc) is 3.31. The Morgan fingerprint density at radius 2 is 2.00 bits per heavy atom. The minimum atomic E-state index is -0.538. The first-order chi connectivity index (χ1) is 13.2. The van der Waals surface area contributed by atoms with E-state index in [1.54, 1.807) is 29.2 Å². The third-order valence-corrected chi connectivity index (χ3v) is 4.42. The van der Waals surface area contributed by atoms with Crippen molar-refractivity contribution in [1.82, 2.24) is 30.2 Å². The lowest BCUT2D eigenvalue weighted by molar-refractivity contribution is -0.115. The Kier molecular flexibility index (Phi) is 3.39. The summed E-state index contributed by atoms with van der Waals surface area (Å²) in [5.41, 5.74) is 3.10. The zero-order chi connectivity index (χ0) is 18.4. The molecule has 9 heteroatoms. The number of aromatic nitrogens is 4. The lowest BCUT2D eigenvalue weighted by Gasteiger charge is -2.10. The Labute approximate surface area is 153 Å². The molecule has 3 aromatic heterocycles. The first-order valence-corrected chi connectivity index (χ1v) is 8.57. The van der Waals surface area contributed by atoms with Crippen LogP contribution in [0.2, 0.25) is 0 Å². The van der Waals surface area contributed by atoms with E-state index >= 15 is 0 Å². The number of amides is 3. The molecule has 134 valence electrons. The van der Waals surface area contributed by atoms with Crippen molar-refractivity contribution in [1.29, 1.82) is 0 Å². The highest BCUT2D eigenvalue weighted by atomic mass is 16.2. The number of imide groups is 1. The van der Waals surface area contributed by atoms with Crippen LogP contribution in [0.15, 0.2) is 42.5 Å². The van der Waals surface area contributed by atoms with Gasteiger partial charge in [-0.2, -0.15) is 9.61 Å². The smallest absolute Gasteiger partial charge is 0.326 e. The van der Waals surface area contributed by atoms with E-state index in [0.29, 0.717) is 17.3 Å². The summed E-state index contributed by atoms with van der Waals surface area (Å²) in [5.74, 6) is 0.361. The van der Waals surface area contributed by atoms with Crippen molar-refractivity contribution in [2.45, 2.75) is 18.9 Å². The van der Waals surface area contributed by atoms with Crippen LogP contribution in [-0.2, 0) is 4.79 Å². The van der Waals surface area contributed by atoms with E-state index in [-0.39, 0.29) is 5.70 Å². The van der Waals surface area contributed by atoms with Crippen molar-refractivity contribution < 1.29 is 9.59 Å². The number of nitrogens with one attached hydrogen (secondary N) is 3. The van der Waals surface area contributed by atoms with Gasteiger partial charge >= 0.3 is 6.03 Å². The molecule has 0 spiro atoms. The molecule has 1 aliphatic carbocycles. The molecule has 0 atom stereocenters. The van der Waals surface area contributed by atoms with Crippen molar-refractivity contribution in [3.63, 3.8) is 0 Å². The van der Waals surface area contributed by atoms with Crippen LogP contribution in [-0.4, -0.2) is 37.6 Å². The molecule has 9 nitrogen and oxygen atoms in total. The number of pyridine rings is 1. The molecule has 1 saturated heterocycles. The van der Waals surface area contributed by atoms with Gasteiger partial charge in [0, 0.05) is 35.6 Å². The van der Waals surface area contributed by atoms with E-state index in [2.05, 4.69) is 26.0 Å². The molecule has 27 heavy (non-hydrogen) atoms. The molecule has 0 unspecified atom stereocenters. The summed E-state index contributed by atoms with van der Waals surface area (Å²) in [6.07, 6.45) is 8.88. The standard InChI is InChI=1S/C18H15N7O2/c26-17-14(23-18(27)24-17)7-11-9-20-25-15(21-12-1-2-12)8-13(22-16(11)25)10-3-5-19-6-4-10/h3-9,12,21H,1-2H2,(H2,23,24,26,27)/b14-7+. The summed E-state index contributed by atoms with van der Waals surface area (Å²) in [6.45, 7) is 0. The van der Waals surface area contributed by atoms with Gasteiger partial charge < -0.3 is 10.6 Å². The van der Waals surface area contributed by atoms with E-state index in [0.717, 1.165) is 29.9 Å². The molecule has 4 heterocycles. The molecule has 0 radical (unpaired) electrons. The first-order valence-electron chi connectivity index (χ1n) is 8.57. The van der Waals surface area contributed by atoms with Crippen LogP contribution >= 0.6 is 0 Å². The number of anilines is 1. The zero-order valence-corrected chi connectivity index (χ0v) is 14.1. The molecule has 2 aliphatic rings. The van der Waals surface area contributed by atoms with Crippen LogP contribution in [0.1, 0.15) is 18.4 Å². The Bertz CT molecular complexity index is 1100. The molecule has 0 bridgehead atoms. The second-order valence-corrected chi connectivity index (χ2v) is 6.48. The summed E-state index contributed by atoms with van der Waals surface area (Å²) in [7, 11) is 0. The van der Waals surface area contributed by atoms with Gasteiger partial charge in [-0.1, -0.05) is 0 Å². The Morgan fingerprint density at radius 1 is 1.19 bits per heavy atom. The number of carbonyl (C=O) groups excluding carboxylic acids is 2. The molecule has 1 aliphatic heterocycles. The Balaban J connectivity index is 1.66. The summed E-state index contributed by atoms with van der Waals surface area (Å²) in [4.78, 5) is 31.9. The molecule has 1 saturated carbocycles. The maximum absolute atomic E-state index is 11.8. The topological polar surface area (TPSA) is 113 Å². The van der Waals surface area contributed by atoms with E-state index in [4.69, 9.17) is 4.98 Å². The van der Waals surface area contributed by atoms with Crippen LogP contribution in [0.3, 0.4) is 0 Å². The molecule has 3 amide bonds. The van der Waals surface area contributed by atoms with Gasteiger partial charge in [-0.05, 0) is 31.1 Å². The largest absolute Gasteiger partial charge is 0.367 e. The van der Waals surface area contributed by atoms with Gasteiger partial charge in [0.15, 0.2) is 5.65 Å². The molecule has 0 aromatic carbocycles. The maximum Gasteiger partial charge on any atom is 0.326 e. The number of hydrogen-bond acceptors (Lipinski definition) is 6. The molecule has 5 rings (SSSR count). The van der Waals surface area contributed by atoms with Gasteiger partial charge in [-0.25, -0.2) is 9.78 Å². The van der Waals surface area contributed by atoms with E-state index in [9.17, 15) is 9.59 Å². The fourth-order valence-electron chi connectivity index (χ4n) is 2.93. The highest BCUT2D eigenvalue weighted by Crippen LogP contribution is 2.29. The average molecular weight is 361 g/mol. The highest BCUT2D eigenvalue weighted by molar-refractivity contribution is 6.14. The monoisotopic (exact) mass is 361 g/mol. The number of carbonyl (C=O) groups is 2. The quantitative estimate of drug-likeness (QED) is 0.480. The van der Waals surface area contributed by atoms with Crippen molar-refractivity contribution in [3.8, 4) is 11.3 Å². The lowest BCUT2D eigenvalue weighted by Crippen LogP contribution is -2.22. The summed E-state index contributed by atoms with van der Waals surface area (Å²) in [5, 5.41) is 12.5. The summed E-state index contributed by atoms with van der Waals surface area (Å²) < 4.78 is 1.71. The van der Waals surface area contributed by atoms with Crippen LogP contribution < -0.4 is 16.0 Å². The third kappa shape index (κ3) is 2.88. The van der Waals surface area contributed by atoms with Gasteiger partial charge in [0.25, 0.3) is 5.91 Å². The Hall–Kier alpha value is -3.75. The molecule has 3 aromatic rings. The zero-order valence-electron chi connectivity index (χ0n) is 14.1. The normalized spacial score (nSPS) is 18.0. The lowest BCUT2D eigenvalue weighted by atomic mass is 10.2. The number of urea groups is 1. The van der Waals surface area contributed by atoms with Crippen LogP contribution in [0.25, 0.3) is 23.0 Å². The second kappa shape index (κ2) is 5.90. The number of fused-ring (bicyclic) bond motifs is 1. The van der Waals surface area contributed by atoms with Crippen molar-refractivity contribution >= 4 is 29.5 Å². The van der Waals surface area contributed by atoms with Crippen molar-refractivity contribution in [2.24, 2.45) is 0 Å². The second-order valence-electron chi connectivity index (χ2n) is 6.48. The van der Waals surface area contributed by atoms with Gasteiger partial charge in [0.2, 0.25) is 0 Å². The fourth-order valence-corrected chi connectivity index (χ4v) is 2.93. The van der Waals surface area contributed by atoms with Crippen molar-refractivity contribution in [3.05, 3.63) is 48.1 Å². The summed E-state index contributed by atoms with van der Waals surface area (Å²) in [6, 6.07) is 5.63. The highest BCUT2D eigenvalue weighted by Gasteiger charge is 2.25. The third-order valence-electron chi connectivity index (χ3n) is 4.42. The molecule has 2 fully saturated rings. The SMILES string of the molecule is O=C1NC(=O)/C(=C\c2cnn3c(NC4CC4)cc(-c4ccncc4)nc23)N1. The predicted molar refractivity (Wildman–Crippen MR) is 97.5 cm³/mol. The fraction of sp³-hybridized carbons (Fsp3) is 0.167.